The summed E-state index contributed by atoms with van der Waals surface area (Å²) in [5.74, 6) is 0.0701. The molecule has 2 aromatic heterocycles. The van der Waals surface area contributed by atoms with Crippen LogP contribution in [0, 0.1) is 0 Å². The van der Waals surface area contributed by atoms with Crippen molar-refractivity contribution >= 4 is 34.6 Å². The summed E-state index contributed by atoms with van der Waals surface area (Å²) in [6.45, 7) is 1.04. The fourth-order valence-electron chi connectivity index (χ4n) is 1.74. The summed E-state index contributed by atoms with van der Waals surface area (Å²) in [5.41, 5.74) is 1.05. The van der Waals surface area contributed by atoms with E-state index in [0.29, 0.717) is 17.0 Å². The second kappa shape index (κ2) is 7.34. The summed E-state index contributed by atoms with van der Waals surface area (Å²) >= 11 is 5.86. The van der Waals surface area contributed by atoms with Crippen molar-refractivity contribution in [2.75, 3.05) is 25.6 Å². The molecule has 2 rings (SSSR count). The molecular weight excluding hydrogens is 314 g/mol. The maximum Gasteiger partial charge on any atom is 0.302 e. The second-order valence-electron chi connectivity index (χ2n) is 4.38. The lowest BCUT2D eigenvalue weighted by atomic mass is 10.4. The molecule has 0 saturated carbocycles. The number of nitrogens with one attached hydrogen (secondary N) is 1. The number of nitrogens with zero attached hydrogens (tertiary/aromatic N) is 4. The number of halogens is 1. The van der Waals surface area contributed by atoms with E-state index in [0.717, 1.165) is 0 Å². The molecule has 9 nitrogen and oxygen atoms in total. The zero-order valence-corrected chi connectivity index (χ0v) is 12.9. The minimum Gasteiger partial charge on any atom is -0.463 e. The van der Waals surface area contributed by atoms with E-state index in [-0.39, 0.29) is 25.2 Å². The highest BCUT2D eigenvalue weighted by Gasteiger charge is 2.14. The van der Waals surface area contributed by atoms with Crippen molar-refractivity contribution in [3.63, 3.8) is 0 Å². The van der Waals surface area contributed by atoms with Gasteiger partial charge in [-0.15, -0.1) is 0 Å². The van der Waals surface area contributed by atoms with Crippen LogP contribution in [0.1, 0.15) is 6.92 Å². The average Bonchev–Trinajstić information content (AvgIpc) is 2.89. The molecule has 0 amide bonds. The van der Waals surface area contributed by atoms with Crippen molar-refractivity contribution in [1.29, 1.82) is 0 Å². The van der Waals surface area contributed by atoms with Crippen LogP contribution in [-0.2, 0) is 21.0 Å². The summed E-state index contributed by atoms with van der Waals surface area (Å²) in [7, 11) is 1.70. The molecule has 0 bridgehead atoms. The predicted molar refractivity (Wildman–Crippen MR) is 78.5 cm³/mol. The molecule has 0 aliphatic rings. The third-order valence-corrected chi connectivity index (χ3v) is 2.97. The van der Waals surface area contributed by atoms with Crippen LogP contribution in [0.25, 0.3) is 11.2 Å². The molecule has 0 spiro atoms. The van der Waals surface area contributed by atoms with Crippen LogP contribution in [0.15, 0.2) is 6.33 Å². The van der Waals surface area contributed by atoms with Gasteiger partial charge in [0.15, 0.2) is 17.0 Å². The van der Waals surface area contributed by atoms with Crippen LogP contribution < -0.4 is 5.32 Å². The molecule has 0 aliphatic heterocycles. The van der Waals surface area contributed by atoms with Gasteiger partial charge in [-0.1, -0.05) is 0 Å². The minimum atomic E-state index is -0.637. The Morgan fingerprint density at radius 2 is 2.32 bits per heavy atom. The quantitative estimate of drug-likeness (QED) is 0.555. The Hall–Kier alpha value is -1.97. The van der Waals surface area contributed by atoms with Crippen LogP contribution in [0.2, 0.25) is 5.28 Å². The number of carbonyl (C=O) groups is 1. The number of aromatic nitrogens is 4. The summed E-state index contributed by atoms with van der Waals surface area (Å²) < 4.78 is 11.9. The first-order valence-corrected chi connectivity index (χ1v) is 6.85. The largest absolute Gasteiger partial charge is 0.463 e. The Morgan fingerprint density at radius 3 is 2.95 bits per heavy atom. The summed E-state index contributed by atoms with van der Waals surface area (Å²) in [4.78, 5) is 23.1. The first-order chi connectivity index (χ1) is 10.5. The number of imidazole rings is 1. The number of carbonyl (C=O) groups excluding carboxylic acids is 1. The molecule has 2 aromatic rings. The van der Waals surface area contributed by atoms with E-state index in [2.05, 4.69) is 20.3 Å². The Bertz CT molecular complexity index is 662. The van der Waals surface area contributed by atoms with Gasteiger partial charge in [0.25, 0.3) is 0 Å². The van der Waals surface area contributed by atoms with Crippen LogP contribution >= 0.6 is 11.6 Å². The molecule has 0 saturated heterocycles. The van der Waals surface area contributed by atoms with E-state index in [9.17, 15) is 9.90 Å². The first-order valence-electron chi connectivity index (χ1n) is 6.47. The zero-order chi connectivity index (χ0) is 16.1. The van der Waals surface area contributed by atoms with Gasteiger partial charge in [-0.3, -0.25) is 9.36 Å². The highest BCUT2D eigenvalue weighted by atomic mass is 35.5. The van der Waals surface area contributed by atoms with Crippen molar-refractivity contribution < 1.29 is 19.4 Å². The molecule has 120 valence electrons. The number of ether oxygens (including phenoxy) is 2. The fraction of sp³-hybridized carbons (Fsp3) is 0.500. The molecule has 10 heteroatoms. The topological polar surface area (TPSA) is 111 Å². The monoisotopic (exact) mass is 329 g/mol. The number of rotatable bonds is 7. The lowest BCUT2D eigenvalue weighted by Gasteiger charge is -2.15. The highest BCUT2D eigenvalue weighted by Crippen LogP contribution is 2.20. The summed E-state index contributed by atoms with van der Waals surface area (Å²) in [5, 5.41) is 12.2. The first kappa shape index (κ1) is 16.4. The third kappa shape index (κ3) is 3.81. The van der Waals surface area contributed by atoms with Gasteiger partial charge < -0.3 is 19.9 Å². The normalized spacial score (nSPS) is 12.4. The molecule has 1 atom stereocenters. The van der Waals surface area contributed by atoms with Gasteiger partial charge in [0, 0.05) is 14.0 Å². The molecule has 2 N–H and O–H groups in total. The summed E-state index contributed by atoms with van der Waals surface area (Å²) in [6.07, 6.45) is 0.888. The maximum atomic E-state index is 10.8. The van der Waals surface area contributed by atoms with Gasteiger partial charge in [0.1, 0.15) is 19.4 Å². The molecule has 0 aromatic carbocycles. The Balaban J connectivity index is 2.11. The Morgan fingerprint density at radius 1 is 1.55 bits per heavy atom. The molecule has 2 heterocycles. The van der Waals surface area contributed by atoms with Gasteiger partial charge in [0.2, 0.25) is 5.28 Å². The number of anilines is 1. The van der Waals surface area contributed by atoms with E-state index in [1.807, 2.05) is 0 Å². The van der Waals surface area contributed by atoms with Crippen molar-refractivity contribution in [3.05, 3.63) is 11.6 Å². The van der Waals surface area contributed by atoms with Gasteiger partial charge in [-0.05, 0) is 11.6 Å². The SMILES string of the molecule is CNc1nc(Cl)nc2c1ncn2COC(CO)COC(C)=O. The molecular formula is C12H16ClN5O4. The van der Waals surface area contributed by atoms with E-state index in [4.69, 9.17) is 21.1 Å². The van der Waals surface area contributed by atoms with Gasteiger partial charge >= 0.3 is 5.97 Å². The van der Waals surface area contributed by atoms with Crippen LogP contribution in [-0.4, -0.2) is 57.0 Å². The molecule has 0 fully saturated rings. The van der Waals surface area contributed by atoms with Crippen molar-refractivity contribution in [2.45, 2.75) is 19.8 Å². The average molecular weight is 330 g/mol. The van der Waals surface area contributed by atoms with Crippen LogP contribution in [0.3, 0.4) is 0 Å². The van der Waals surface area contributed by atoms with Crippen LogP contribution in [0.5, 0.6) is 0 Å². The van der Waals surface area contributed by atoms with Crippen molar-refractivity contribution in [3.8, 4) is 0 Å². The number of esters is 1. The number of aliphatic hydroxyl groups excluding tert-OH is 1. The van der Waals surface area contributed by atoms with Crippen molar-refractivity contribution in [2.24, 2.45) is 0 Å². The van der Waals surface area contributed by atoms with E-state index in [1.54, 1.807) is 11.6 Å². The molecule has 22 heavy (non-hydrogen) atoms. The minimum absolute atomic E-state index is 0.0318. The predicted octanol–water partition coefficient (Wildman–Crippen LogP) is 0.419. The van der Waals surface area contributed by atoms with E-state index < -0.39 is 12.1 Å². The maximum absolute atomic E-state index is 10.8. The van der Waals surface area contributed by atoms with Gasteiger partial charge in [-0.25, -0.2) is 4.98 Å². The number of hydrogen-bond donors (Lipinski definition) is 2. The lowest BCUT2D eigenvalue weighted by Crippen LogP contribution is -2.26. The van der Waals surface area contributed by atoms with Crippen LogP contribution in [0.4, 0.5) is 5.82 Å². The van der Waals surface area contributed by atoms with Gasteiger partial charge in [-0.2, -0.15) is 9.97 Å². The standard InChI is InChI=1S/C12H16ClN5O4/c1-7(20)21-4-8(3-19)22-6-18-5-15-9-10(14-2)16-12(13)17-11(9)18/h5,8,19H,3-4,6H2,1-2H3,(H,14,16,17). The fourth-order valence-corrected chi connectivity index (χ4v) is 1.90. The number of hydrogen-bond acceptors (Lipinski definition) is 8. The molecule has 0 aliphatic carbocycles. The van der Waals surface area contributed by atoms with E-state index >= 15 is 0 Å². The second-order valence-corrected chi connectivity index (χ2v) is 4.72. The Labute approximate surface area is 131 Å². The third-order valence-electron chi connectivity index (χ3n) is 2.80. The Kier molecular flexibility index (Phi) is 5.47. The van der Waals surface area contributed by atoms with Gasteiger partial charge in [0.05, 0.1) is 12.9 Å². The van der Waals surface area contributed by atoms with E-state index in [1.165, 1.54) is 13.3 Å². The highest BCUT2D eigenvalue weighted by molar-refractivity contribution is 6.28. The number of fused-ring (bicyclic) bond motifs is 1. The van der Waals surface area contributed by atoms with Crippen molar-refractivity contribution in [1.82, 2.24) is 19.5 Å². The molecule has 0 radical (unpaired) electrons. The molecule has 1 unspecified atom stereocenters. The number of aliphatic hydroxyl groups is 1. The smallest absolute Gasteiger partial charge is 0.302 e. The lowest BCUT2D eigenvalue weighted by molar-refractivity contribution is -0.147. The zero-order valence-electron chi connectivity index (χ0n) is 12.1. The summed E-state index contributed by atoms with van der Waals surface area (Å²) in [6, 6.07) is 0.